The van der Waals surface area contributed by atoms with Crippen LogP contribution < -0.4 is 0 Å². The number of nitrogens with zero attached hydrogens (tertiary/aromatic N) is 2. The predicted octanol–water partition coefficient (Wildman–Crippen LogP) is 3.66. The fraction of sp³-hybridized carbons (Fsp3) is 0.667. The van der Waals surface area contributed by atoms with Gasteiger partial charge >= 0.3 is 0 Å². The molecule has 92 valence electrons. The lowest BCUT2D eigenvalue weighted by Gasteiger charge is -2.21. The minimum Gasteiger partial charge on any atom is -0.381 e. The number of ether oxygens (including phenoxy) is 1. The van der Waals surface area contributed by atoms with E-state index in [-0.39, 0.29) is 0 Å². The van der Waals surface area contributed by atoms with Crippen LogP contribution in [0.15, 0.2) is 4.47 Å². The van der Waals surface area contributed by atoms with Gasteiger partial charge in [0.2, 0.25) is 0 Å². The van der Waals surface area contributed by atoms with Crippen LogP contribution in [0.1, 0.15) is 49.0 Å². The van der Waals surface area contributed by atoms with Crippen LogP contribution in [0.4, 0.5) is 0 Å². The number of halogens is 2. The van der Waals surface area contributed by atoms with Gasteiger partial charge in [-0.1, -0.05) is 11.6 Å². The second kappa shape index (κ2) is 4.82. The van der Waals surface area contributed by atoms with Crippen molar-refractivity contribution in [3.8, 4) is 0 Å². The van der Waals surface area contributed by atoms with Gasteiger partial charge in [-0.15, -0.1) is 0 Å². The van der Waals surface area contributed by atoms with E-state index in [0.717, 1.165) is 42.0 Å². The van der Waals surface area contributed by atoms with Crippen LogP contribution in [0.25, 0.3) is 0 Å². The monoisotopic (exact) mass is 316 g/mol. The van der Waals surface area contributed by atoms with Crippen LogP contribution in [-0.4, -0.2) is 23.2 Å². The molecule has 1 aliphatic carbocycles. The first-order valence-corrected chi connectivity index (χ1v) is 7.23. The summed E-state index contributed by atoms with van der Waals surface area (Å²) in [6, 6.07) is 0. The summed E-state index contributed by atoms with van der Waals surface area (Å²) in [6.07, 6.45) is 4.61. The Hall–Kier alpha value is -0.190. The van der Waals surface area contributed by atoms with Gasteiger partial charge in [-0.2, -0.15) is 0 Å². The van der Waals surface area contributed by atoms with Crippen molar-refractivity contribution in [3.63, 3.8) is 0 Å². The Kier molecular flexibility index (Phi) is 3.37. The third-order valence-electron chi connectivity index (χ3n) is 3.34. The number of rotatable bonds is 2. The predicted molar refractivity (Wildman–Crippen MR) is 69.5 cm³/mol. The Bertz CT molecular complexity index is 431. The lowest BCUT2D eigenvalue weighted by molar-refractivity contribution is 0.0780. The van der Waals surface area contributed by atoms with Crippen molar-refractivity contribution in [3.05, 3.63) is 21.1 Å². The first-order valence-electron chi connectivity index (χ1n) is 6.06. The smallest absolute Gasteiger partial charge is 0.147 e. The van der Waals surface area contributed by atoms with Crippen LogP contribution >= 0.6 is 27.5 Å². The summed E-state index contributed by atoms with van der Waals surface area (Å²) in [5.41, 5.74) is 1.09. The third-order valence-corrected chi connectivity index (χ3v) is 4.63. The molecule has 0 radical (unpaired) electrons. The molecule has 1 aromatic heterocycles. The number of hydrogen-bond acceptors (Lipinski definition) is 3. The highest BCUT2D eigenvalue weighted by atomic mass is 79.9. The van der Waals surface area contributed by atoms with E-state index in [9.17, 15) is 0 Å². The maximum atomic E-state index is 6.17. The molecule has 1 saturated carbocycles. The van der Waals surface area contributed by atoms with Crippen molar-refractivity contribution >= 4 is 27.5 Å². The molecule has 2 fully saturated rings. The van der Waals surface area contributed by atoms with Gasteiger partial charge in [0.15, 0.2) is 0 Å². The Labute approximate surface area is 114 Å². The summed E-state index contributed by atoms with van der Waals surface area (Å²) in [5, 5.41) is 0.544. The fourth-order valence-corrected chi connectivity index (χ4v) is 2.89. The van der Waals surface area contributed by atoms with Gasteiger partial charge in [0, 0.05) is 18.4 Å². The zero-order valence-corrected chi connectivity index (χ0v) is 11.8. The highest BCUT2D eigenvalue weighted by Crippen LogP contribution is 2.44. The van der Waals surface area contributed by atoms with Gasteiger partial charge in [-0.3, -0.25) is 0 Å². The van der Waals surface area contributed by atoms with E-state index >= 15 is 0 Å². The molecule has 0 aromatic carbocycles. The lowest BCUT2D eigenvalue weighted by Crippen LogP contribution is -2.18. The molecule has 3 rings (SSSR count). The van der Waals surface area contributed by atoms with E-state index in [2.05, 4.69) is 20.9 Å². The molecule has 1 aliphatic heterocycles. The van der Waals surface area contributed by atoms with Crippen molar-refractivity contribution < 1.29 is 4.74 Å². The minimum atomic E-state index is 0.312. The Morgan fingerprint density at radius 1 is 1.18 bits per heavy atom. The molecule has 3 nitrogen and oxygen atoms in total. The SMILES string of the molecule is Clc1nc(C2CCCOC2)nc(C2CC2)c1Br. The quantitative estimate of drug-likeness (QED) is 0.781. The van der Waals surface area contributed by atoms with Crippen LogP contribution in [-0.2, 0) is 4.74 Å². The molecule has 5 heteroatoms. The van der Waals surface area contributed by atoms with Crippen molar-refractivity contribution in [2.45, 2.75) is 37.5 Å². The molecule has 17 heavy (non-hydrogen) atoms. The molecule has 0 bridgehead atoms. The van der Waals surface area contributed by atoms with E-state index < -0.39 is 0 Å². The maximum absolute atomic E-state index is 6.17. The first kappa shape index (κ1) is 11.9. The summed E-state index contributed by atoms with van der Waals surface area (Å²) in [7, 11) is 0. The zero-order chi connectivity index (χ0) is 11.8. The van der Waals surface area contributed by atoms with Crippen LogP contribution in [0.5, 0.6) is 0 Å². The maximum Gasteiger partial charge on any atom is 0.147 e. The fourth-order valence-electron chi connectivity index (χ4n) is 2.21. The van der Waals surface area contributed by atoms with E-state index in [4.69, 9.17) is 21.3 Å². The van der Waals surface area contributed by atoms with Gasteiger partial charge in [0.1, 0.15) is 11.0 Å². The lowest BCUT2D eigenvalue weighted by atomic mass is 10.0. The molecule has 1 atom stereocenters. The molecule has 1 saturated heterocycles. The Morgan fingerprint density at radius 3 is 2.65 bits per heavy atom. The summed E-state index contributed by atoms with van der Waals surface area (Å²) < 4.78 is 6.36. The molecule has 0 amide bonds. The van der Waals surface area contributed by atoms with Gasteiger partial charge in [-0.25, -0.2) is 9.97 Å². The molecule has 1 aromatic rings. The molecule has 2 heterocycles. The van der Waals surface area contributed by atoms with Crippen molar-refractivity contribution in [1.29, 1.82) is 0 Å². The average Bonchev–Trinajstić information content (AvgIpc) is 3.18. The molecule has 1 unspecified atom stereocenters. The van der Waals surface area contributed by atoms with Gasteiger partial charge in [0.25, 0.3) is 0 Å². The summed E-state index contributed by atoms with van der Waals surface area (Å²) in [5.74, 6) is 1.75. The van der Waals surface area contributed by atoms with Crippen molar-refractivity contribution in [2.24, 2.45) is 0 Å². The van der Waals surface area contributed by atoms with E-state index in [1.807, 2.05) is 0 Å². The average molecular weight is 318 g/mol. The molecule has 0 N–H and O–H groups in total. The van der Waals surface area contributed by atoms with Crippen LogP contribution in [0.2, 0.25) is 5.15 Å². The topological polar surface area (TPSA) is 35.0 Å². The van der Waals surface area contributed by atoms with Crippen LogP contribution in [0.3, 0.4) is 0 Å². The second-order valence-corrected chi connectivity index (χ2v) is 5.91. The Morgan fingerprint density at radius 2 is 2.00 bits per heavy atom. The van der Waals surface area contributed by atoms with E-state index in [1.54, 1.807) is 0 Å². The third kappa shape index (κ3) is 2.49. The van der Waals surface area contributed by atoms with Crippen LogP contribution in [0, 0.1) is 0 Å². The number of aromatic nitrogens is 2. The van der Waals surface area contributed by atoms with Gasteiger partial charge < -0.3 is 4.74 Å². The van der Waals surface area contributed by atoms with Crippen molar-refractivity contribution in [2.75, 3.05) is 13.2 Å². The highest BCUT2D eigenvalue weighted by molar-refractivity contribution is 9.10. The molecule has 2 aliphatic rings. The molecular formula is C12H14BrClN2O. The summed E-state index contributed by atoms with van der Waals surface area (Å²) in [6.45, 7) is 1.58. The van der Waals surface area contributed by atoms with Gasteiger partial charge in [-0.05, 0) is 41.6 Å². The molecule has 0 spiro atoms. The van der Waals surface area contributed by atoms with E-state index in [0.29, 0.717) is 17.0 Å². The van der Waals surface area contributed by atoms with Gasteiger partial charge in [0.05, 0.1) is 16.8 Å². The zero-order valence-electron chi connectivity index (χ0n) is 9.46. The normalized spacial score (nSPS) is 24.9. The number of hydrogen-bond donors (Lipinski definition) is 0. The minimum absolute atomic E-state index is 0.312. The Balaban J connectivity index is 1.93. The summed E-state index contributed by atoms with van der Waals surface area (Å²) >= 11 is 9.66. The largest absolute Gasteiger partial charge is 0.381 e. The van der Waals surface area contributed by atoms with E-state index in [1.165, 1.54) is 12.8 Å². The first-order chi connectivity index (χ1) is 8.25. The molecular weight excluding hydrogens is 304 g/mol. The second-order valence-electron chi connectivity index (χ2n) is 4.76. The van der Waals surface area contributed by atoms with Crippen molar-refractivity contribution in [1.82, 2.24) is 9.97 Å². The summed E-state index contributed by atoms with van der Waals surface area (Å²) in [4.78, 5) is 9.09. The highest BCUT2D eigenvalue weighted by Gasteiger charge is 2.30. The standard InChI is InChI=1S/C12H14BrClN2O/c13-9-10(7-3-4-7)15-12(16-11(9)14)8-2-1-5-17-6-8/h7-8H,1-6H2.